The fraction of sp³-hybridized carbons (Fsp3) is 0. The van der Waals surface area contributed by atoms with Gasteiger partial charge in [-0.05, 0) is 99.1 Å². The molecule has 56 heavy (non-hydrogen) atoms. The van der Waals surface area contributed by atoms with Crippen molar-refractivity contribution in [2.75, 3.05) is 4.90 Å². The molecule has 0 fully saturated rings. The molecule has 2 nitrogen and oxygen atoms in total. The molecule has 0 saturated carbocycles. The molecule has 0 saturated heterocycles. The first-order valence-electron chi connectivity index (χ1n) is 19.2. The summed E-state index contributed by atoms with van der Waals surface area (Å²) in [6, 6.07) is 83.0. The number of hydrogen-bond donors (Lipinski definition) is 0. The van der Waals surface area contributed by atoms with E-state index in [2.05, 4.69) is 240 Å². The predicted molar refractivity (Wildman–Crippen MR) is 237 cm³/mol. The van der Waals surface area contributed by atoms with Crippen LogP contribution in [0.3, 0.4) is 0 Å². The molecule has 0 atom stereocenters. The van der Waals surface area contributed by atoms with Crippen LogP contribution < -0.4 is 4.90 Å². The van der Waals surface area contributed by atoms with Crippen LogP contribution >= 0.6 is 0 Å². The van der Waals surface area contributed by atoms with Gasteiger partial charge < -0.3 is 9.47 Å². The Morgan fingerprint density at radius 1 is 0.304 bits per heavy atom. The maximum atomic E-state index is 2.43. The maximum absolute atomic E-state index is 2.43. The third-order valence-corrected chi connectivity index (χ3v) is 10.8. The van der Waals surface area contributed by atoms with E-state index in [0.29, 0.717) is 0 Å². The second-order valence-corrected chi connectivity index (χ2v) is 14.1. The number of para-hydroxylation sites is 2. The van der Waals surface area contributed by atoms with E-state index >= 15 is 0 Å². The van der Waals surface area contributed by atoms with Gasteiger partial charge in [-0.25, -0.2) is 0 Å². The first kappa shape index (κ1) is 33.2. The quantitative estimate of drug-likeness (QED) is 0.152. The first-order valence-corrected chi connectivity index (χ1v) is 19.2. The number of hydrogen-bond acceptors (Lipinski definition) is 1. The van der Waals surface area contributed by atoms with Crippen LogP contribution in [0.2, 0.25) is 0 Å². The summed E-state index contributed by atoms with van der Waals surface area (Å²) in [5.41, 5.74) is 16.4. The molecule has 0 radical (unpaired) electrons. The van der Waals surface area contributed by atoms with E-state index in [0.717, 1.165) is 28.3 Å². The molecule has 10 aromatic rings. The van der Waals surface area contributed by atoms with Gasteiger partial charge in [0.15, 0.2) is 0 Å². The average molecular weight is 715 g/mol. The molecule has 10 rings (SSSR count). The van der Waals surface area contributed by atoms with Crippen LogP contribution in [0.25, 0.3) is 72.0 Å². The molecule has 0 amide bonds. The summed E-state index contributed by atoms with van der Waals surface area (Å²) >= 11 is 0. The van der Waals surface area contributed by atoms with Gasteiger partial charge in [-0.1, -0.05) is 176 Å². The summed E-state index contributed by atoms with van der Waals surface area (Å²) in [4.78, 5) is 2.40. The number of fused-ring (bicyclic) bond motifs is 3. The topological polar surface area (TPSA) is 8.17 Å². The zero-order valence-electron chi connectivity index (χ0n) is 30.8. The van der Waals surface area contributed by atoms with Crippen LogP contribution in [-0.2, 0) is 0 Å². The van der Waals surface area contributed by atoms with Crippen molar-refractivity contribution in [1.82, 2.24) is 4.57 Å². The Hall–Kier alpha value is -7.42. The summed E-state index contributed by atoms with van der Waals surface area (Å²) < 4.78 is 2.43. The second-order valence-electron chi connectivity index (χ2n) is 14.1. The van der Waals surface area contributed by atoms with E-state index in [1.165, 1.54) is 60.8 Å². The number of rotatable bonds is 8. The molecular formula is C54H38N2. The van der Waals surface area contributed by atoms with Crippen molar-refractivity contribution in [3.63, 3.8) is 0 Å². The molecule has 0 unspecified atom stereocenters. The van der Waals surface area contributed by atoms with Crippen molar-refractivity contribution in [3.05, 3.63) is 231 Å². The average Bonchev–Trinajstić information content (AvgIpc) is 3.63. The van der Waals surface area contributed by atoms with Gasteiger partial charge in [0, 0.05) is 27.8 Å². The molecule has 0 N–H and O–H groups in total. The molecule has 0 aliphatic carbocycles. The Balaban J connectivity index is 1.15. The third kappa shape index (κ3) is 5.95. The lowest BCUT2D eigenvalue weighted by Crippen LogP contribution is -2.10. The molecule has 0 spiro atoms. The number of anilines is 3. The van der Waals surface area contributed by atoms with Gasteiger partial charge in [0.05, 0.1) is 16.7 Å². The monoisotopic (exact) mass is 714 g/mol. The molecule has 264 valence electrons. The zero-order valence-corrected chi connectivity index (χ0v) is 30.8. The Morgan fingerprint density at radius 3 is 1.39 bits per heavy atom. The van der Waals surface area contributed by atoms with Gasteiger partial charge >= 0.3 is 0 Å². The molecule has 1 aromatic heterocycles. The zero-order chi connectivity index (χ0) is 37.3. The van der Waals surface area contributed by atoms with E-state index in [1.807, 2.05) is 0 Å². The highest BCUT2D eigenvalue weighted by atomic mass is 15.1. The van der Waals surface area contributed by atoms with E-state index in [-0.39, 0.29) is 0 Å². The minimum Gasteiger partial charge on any atom is -0.310 e. The van der Waals surface area contributed by atoms with Gasteiger partial charge in [0.1, 0.15) is 0 Å². The van der Waals surface area contributed by atoms with Gasteiger partial charge in [0.25, 0.3) is 0 Å². The summed E-state index contributed by atoms with van der Waals surface area (Å²) in [5.74, 6) is 0. The summed E-state index contributed by atoms with van der Waals surface area (Å²) in [7, 11) is 0. The standard InChI is InChI=1S/C54H38N2/c1-5-18-39(19-6-1)46-26-13-14-27-47(46)42-32-34-44(35-33-42)55(43-24-11-4-12-25-43)52-30-17-31-53-54(52)49-28-15-16-29-51(49)56(53)45-36-37-48(40-20-7-2-8-21-40)50(38-45)41-22-9-3-10-23-41/h1-38H. The van der Waals surface area contributed by atoms with Crippen molar-refractivity contribution < 1.29 is 0 Å². The lowest BCUT2D eigenvalue weighted by atomic mass is 9.94. The normalized spacial score (nSPS) is 11.2. The summed E-state index contributed by atoms with van der Waals surface area (Å²) in [5, 5.41) is 2.42. The van der Waals surface area contributed by atoms with Gasteiger partial charge in [-0.15, -0.1) is 0 Å². The van der Waals surface area contributed by atoms with Gasteiger partial charge in [-0.3, -0.25) is 0 Å². The Labute approximate surface area is 327 Å². The molecule has 0 aliphatic rings. The molecule has 0 aliphatic heterocycles. The van der Waals surface area contributed by atoms with Crippen LogP contribution in [0, 0.1) is 0 Å². The molecular weight excluding hydrogens is 677 g/mol. The van der Waals surface area contributed by atoms with Crippen LogP contribution in [0.5, 0.6) is 0 Å². The summed E-state index contributed by atoms with van der Waals surface area (Å²) in [6.07, 6.45) is 0. The van der Waals surface area contributed by atoms with Gasteiger partial charge in [0.2, 0.25) is 0 Å². The van der Waals surface area contributed by atoms with Crippen molar-refractivity contribution in [2.24, 2.45) is 0 Å². The minimum atomic E-state index is 1.10. The number of nitrogens with zero attached hydrogens (tertiary/aromatic N) is 2. The highest BCUT2D eigenvalue weighted by Gasteiger charge is 2.22. The first-order chi connectivity index (χ1) is 27.8. The predicted octanol–water partition coefficient (Wildman–Crippen LogP) is 14.9. The van der Waals surface area contributed by atoms with E-state index in [4.69, 9.17) is 0 Å². The molecule has 1 heterocycles. The lowest BCUT2D eigenvalue weighted by Gasteiger charge is -2.27. The molecule has 2 heteroatoms. The minimum absolute atomic E-state index is 1.10. The smallest absolute Gasteiger partial charge is 0.0562 e. The second kappa shape index (κ2) is 14.4. The van der Waals surface area contributed by atoms with E-state index < -0.39 is 0 Å². The van der Waals surface area contributed by atoms with Crippen molar-refractivity contribution in [2.45, 2.75) is 0 Å². The molecule has 9 aromatic carbocycles. The Kier molecular flexibility index (Phi) is 8.55. The van der Waals surface area contributed by atoms with Crippen LogP contribution in [-0.4, -0.2) is 4.57 Å². The van der Waals surface area contributed by atoms with Crippen molar-refractivity contribution in [1.29, 1.82) is 0 Å². The highest BCUT2D eigenvalue weighted by molar-refractivity contribution is 6.16. The van der Waals surface area contributed by atoms with Crippen LogP contribution in [0.1, 0.15) is 0 Å². The lowest BCUT2D eigenvalue weighted by molar-refractivity contribution is 1.18. The van der Waals surface area contributed by atoms with Crippen LogP contribution in [0.15, 0.2) is 231 Å². The largest absolute Gasteiger partial charge is 0.310 e. The van der Waals surface area contributed by atoms with Crippen molar-refractivity contribution in [3.8, 4) is 50.2 Å². The fourth-order valence-corrected chi connectivity index (χ4v) is 8.26. The van der Waals surface area contributed by atoms with E-state index in [1.54, 1.807) is 0 Å². The summed E-state index contributed by atoms with van der Waals surface area (Å²) in [6.45, 7) is 0. The van der Waals surface area contributed by atoms with Crippen molar-refractivity contribution >= 4 is 38.9 Å². The number of aromatic nitrogens is 1. The SMILES string of the molecule is c1ccc(-c2ccccc2-c2ccc(N(c3ccccc3)c3cccc4c3c3ccccc3n4-c3ccc(-c4ccccc4)c(-c4ccccc4)c3)cc2)cc1. The highest BCUT2D eigenvalue weighted by Crippen LogP contribution is 2.45. The van der Waals surface area contributed by atoms with Gasteiger partial charge in [-0.2, -0.15) is 0 Å². The maximum Gasteiger partial charge on any atom is 0.0562 e. The molecule has 0 bridgehead atoms. The fourth-order valence-electron chi connectivity index (χ4n) is 8.26. The Morgan fingerprint density at radius 2 is 0.768 bits per heavy atom. The Bertz CT molecular complexity index is 2930. The third-order valence-electron chi connectivity index (χ3n) is 10.8. The van der Waals surface area contributed by atoms with Crippen LogP contribution in [0.4, 0.5) is 17.1 Å². The van der Waals surface area contributed by atoms with E-state index in [9.17, 15) is 0 Å². The number of benzene rings is 9.